The normalized spacial score (nSPS) is 25.1. The summed E-state index contributed by atoms with van der Waals surface area (Å²) in [5.74, 6) is -4.49. The Morgan fingerprint density at radius 3 is 2.54 bits per heavy atom. The van der Waals surface area contributed by atoms with Crippen LogP contribution < -0.4 is 32.1 Å². The molecule has 3 fully saturated rings. The number of aromatic nitrogens is 4. The molecule has 3 aliphatic rings. The Hall–Kier alpha value is -5.35. The van der Waals surface area contributed by atoms with Gasteiger partial charge in [-0.15, -0.1) is 0 Å². The van der Waals surface area contributed by atoms with Crippen molar-refractivity contribution < 1.29 is 57.9 Å². The molecule has 4 unspecified atom stereocenters. The van der Waals surface area contributed by atoms with Crippen molar-refractivity contribution in [3.63, 3.8) is 0 Å². The smallest absolute Gasteiger partial charge is 0.407 e. The average molecular weight is 680 g/mol. The summed E-state index contributed by atoms with van der Waals surface area (Å²) in [7, 11) is 0. The van der Waals surface area contributed by atoms with Crippen LogP contribution >= 0.6 is 0 Å². The SMILES string of the molecule is CC(C)C(=O)Nc1nc2c(ncn2[C@H]2CC3[C@@H](OC(=O)NCC4OC4NCC(=O)O)C3(COC(=O)NCC(=O)NCC(=O)O)O2)c(=O)[nH]1. The van der Waals surface area contributed by atoms with E-state index in [2.05, 4.69) is 41.5 Å². The molecular formula is C26H33N9O13. The standard InChI is InChI=1S/C26H33N9O13/c1-10(2)20(41)33-23-32-19-17(21(42)34-23)31-9-35(19)14-3-11-18(47-25(44)29-4-12-22(46-12)28-7-16(39)40)26(11,48-14)8-45-24(43)30-5-13(36)27-6-15(37)38/h9-12,14,18,22,28H,3-8H2,1-2H3,(H,27,36)(H,29,44)(H,30,43)(H,37,38)(H,39,40)(H2,32,33,34,41,42)/t11?,12?,14-,18-,22?,26?/m1/s1. The van der Waals surface area contributed by atoms with Crippen LogP contribution in [0.3, 0.4) is 0 Å². The average Bonchev–Trinajstić information content (AvgIpc) is 3.76. The van der Waals surface area contributed by atoms with Crippen LogP contribution in [0.25, 0.3) is 11.2 Å². The van der Waals surface area contributed by atoms with Crippen LogP contribution in [0.1, 0.15) is 26.5 Å². The topological polar surface area (TPSA) is 307 Å². The Balaban J connectivity index is 1.24. The monoisotopic (exact) mass is 679 g/mol. The fraction of sp³-hybridized carbons (Fsp3) is 0.577. The van der Waals surface area contributed by atoms with Gasteiger partial charge in [-0.1, -0.05) is 13.8 Å². The molecule has 0 radical (unpaired) electrons. The number of nitrogens with one attached hydrogen (secondary N) is 6. The van der Waals surface area contributed by atoms with Crippen LogP contribution in [-0.4, -0.2) is 122 Å². The molecule has 0 aromatic carbocycles. The van der Waals surface area contributed by atoms with Crippen LogP contribution in [0.15, 0.2) is 11.1 Å². The first-order chi connectivity index (χ1) is 22.8. The molecule has 8 N–H and O–H groups in total. The van der Waals surface area contributed by atoms with E-state index in [4.69, 9.17) is 29.2 Å². The van der Waals surface area contributed by atoms with E-state index in [0.717, 1.165) is 0 Å². The third-order valence-corrected chi connectivity index (χ3v) is 7.66. The van der Waals surface area contributed by atoms with E-state index < -0.39 is 97.4 Å². The van der Waals surface area contributed by atoms with Crippen molar-refractivity contribution in [3.05, 3.63) is 16.7 Å². The molecule has 5 rings (SSSR count). The van der Waals surface area contributed by atoms with Crippen LogP contribution in [0, 0.1) is 11.8 Å². The van der Waals surface area contributed by atoms with Gasteiger partial charge in [0.25, 0.3) is 5.56 Å². The molecule has 2 aromatic rings. The minimum atomic E-state index is -1.35. The van der Waals surface area contributed by atoms with Crippen molar-refractivity contribution >= 4 is 53.1 Å². The van der Waals surface area contributed by atoms with Crippen molar-refractivity contribution in [2.75, 3.05) is 38.1 Å². The highest BCUT2D eigenvalue weighted by Crippen LogP contribution is 2.61. The first kappa shape index (κ1) is 34.0. The van der Waals surface area contributed by atoms with Crippen LogP contribution in [0.5, 0.6) is 0 Å². The van der Waals surface area contributed by atoms with E-state index in [1.165, 1.54) is 10.9 Å². The van der Waals surface area contributed by atoms with Gasteiger partial charge in [-0.2, -0.15) is 4.98 Å². The summed E-state index contributed by atoms with van der Waals surface area (Å²) in [6.07, 6.45) is -3.08. The Morgan fingerprint density at radius 1 is 1.08 bits per heavy atom. The largest absolute Gasteiger partial charge is 0.480 e. The number of hydrogen-bond acceptors (Lipinski definition) is 14. The van der Waals surface area contributed by atoms with Crippen molar-refractivity contribution in [1.82, 2.24) is 40.8 Å². The van der Waals surface area contributed by atoms with E-state index in [-0.39, 0.29) is 42.5 Å². The number of nitrogens with zero attached hydrogens (tertiary/aromatic N) is 3. The predicted molar refractivity (Wildman–Crippen MR) is 155 cm³/mol. The minimum Gasteiger partial charge on any atom is -0.480 e. The number of rotatable bonds is 15. The van der Waals surface area contributed by atoms with Crippen molar-refractivity contribution in [3.8, 4) is 0 Å². The Bertz CT molecular complexity index is 1680. The molecule has 48 heavy (non-hydrogen) atoms. The molecule has 4 heterocycles. The second-order valence-electron chi connectivity index (χ2n) is 11.4. The van der Waals surface area contributed by atoms with Gasteiger partial charge >= 0.3 is 24.1 Å². The maximum Gasteiger partial charge on any atom is 0.407 e. The number of carbonyl (C=O) groups excluding carboxylic acids is 4. The number of ether oxygens (including phenoxy) is 4. The molecule has 260 valence electrons. The van der Waals surface area contributed by atoms with Crippen molar-refractivity contribution in [2.45, 2.75) is 50.5 Å². The lowest BCUT2D eigenvalue weighted by Crippen LogP contribution is -2.40. The van der Waals surface area contributed by atoms with Gasteiger partial charge in [-0.25, -0.2) is 14.6 Å². The maximum absolute atomic E-state index is 12.7. The summed E-state index contributed by atoms with van der Waals surface area (Å²) in [5, 5.41) is 29.4. The number of imidazole rings is 1. The van der Waals surface area contributed by atoms with E-state index in [1.54, 1.807) is 13.8 Å². The van der Waals surface area contributed by atoms with Crippen LogP contribution in [-0.2, 0) is 38.1 Å². The Kier molecular flexibility index (Phi) is 9.77. The molecule has 0 spiro atoms. The zero-order valence-electron chi connectivity index (χ0n) is 25.5. The molecule has 2 aliphatic heterocycles. The first-order valence-electron chi connectivity index (χ1n) is 14.7. The third kappa shape index (κ3) is 7.78. The molecular weight excluding hydrogens is 646 g/mol. The summed E-state index contributed by atoms with van der Waals surface area (Å²) in [4.78, 5) is 93.8. The van der Waals surface area contributed by atoms with E-state index in [0.29, 0.717) is 0 Å². The lowest BCUT2D eigenvalue weighted by Gasteiger charge is -2.22. The van der Waals surface area contributed by atoms with E-state index in [1.807, 2.05) is 0 Å². The summed E-state index contributed by atoms with van der Waals surface area (Å²) >= 11 is 0. The number of fused-ring (bicyclic) bond motifs is 2. The highest BCUT2D eigenvalue weighted by molar-refractivity contribution is 5.91. The number of amides is 4. The zero-order chi connectivity index (χ0) is 34.7. The van der Waals surface area contributed by atoms with Gasteiger partial charge in [-0.05, 0) is 0 Å². The number of alkyl carbamates (subject to hydrolysis) is 2. The summed E-state index contributed by atoms with van der Waals surface area (Å²) in [5.41, 5.74) is -1.89. The molecule has 6 atom stereocenters. The molecule has 4 amide bonds. The van der Waals surface area contributed by atoms with Crippen molar-refractivity contribution in [2.24, 2.45) is 11.8 Å². The Morgan fingerprint density at radius 2 is 1.83 bits per heavy atom. The van der Waals surface area contributed by atoms with Crippen LogP contribution in [0.4, 0.5) is 15.5 Å². The number of aliphatic carboxylic acids is 2. The number of carboxylic acid groups (broad SMARTS) is 2. The number of epoxide rings is 1. The number of carboxylic acids is 2. The lowest BCUT2D eigenvalue weighted by molar-refractivity contribution is -0.138. The van der Waals surface area contributed by atoms with Gasteiger partial charge in [-0.3, -0.25) is 44.2 Å². The van der Waals surface area contributed by atoms with Gasteiger partial charge in [0.05, 0.1) is 19.4 Å². The molecule has 1 saturated carbocycles. The van der Waals surface area contributed by atoms with Gasteiger partial charge in [0.15, 0.2) is 11.2 Å². The summed E-state index contributed by atoms with van der Waals surface area (Å²) < 4.78 is 23.8. The number of hydrogen-bond donors (Lipinski definition) is 8. The molecule has 1 aliphatic carbocycles. The van der Waals surface area contributed by atoms with Gasteiger partial charge < -0.3 is 45.1 Å². The van der Waals surface area contributed by atoms with E-state index >= 15 is 0 Å². The number of H-pyrrole nitrogens is 1. The second kappa shape index (κ2) is 13.8. The quantitative estimate of drug-likeness (QED) is 0.0896. The summed E-state index contributed by atoms with van der Waals surface area (Å²) in [6, 6.07) is 0. The number of anilines is 1. The lowest BCUT2D eigenvalue weighted by atomic mass is 10.2. The highest BCUT2D eigenvalue weighted by Gasteiger charge is 2.75. The number of carbonyl (C=O) groups is 6. The summed E-state index contributed by atoms with van der Waals surface area (Å²) in [6.45, 7) is 1.39. The van der Waals surface area contributed by atoms with Crippen molar-refractivity contribution in [1.29, 1.82) is 0 Å². The minimum absolute atomic E-state index is 0.0176. The number of aromatic amines is 1. The molecule has 2 saturated heterocycles. The fourth-order valence-electron chi connectivity index (χ4n) is 5.11. The predicted octanol–water partition coefficient (Wildman–Crippen LogP) is -2.58. The molecule has 22 heteroatoms. The highest BCUT2D eigenvalue weighted by atomic mass is 16.6. The van der Waals surface area contributed by atoms with Gasteiger partial charge in [0, 0.05) is 18.3 Å². The second-order valence-corrected chi connectivity index (χ2v) is 11.4. The maximum atomic E-state index is 12.7. The molecule has 22 nitrogen and oxygen atoms in total. The molecule has 2 aromatic heterocycles. The van der Waals surface area contributed by atoms with Gasteiger partial charge in [0.2, 0.25) is 17.8 Å². The fourth-order valence-corrected chi connectivity index (χ4v) is 5.11. The zero-order valence-corrected chi connectivity index (χ0v) is 25.5. The van der Waals surface area contributed by atoms with E-state index in [9.17, 15) is 33.6 Å². The Labute approximate surface area is 269 Å². The van der Waals surface area contributed by atoms with Gasteiger partial charge in [0.1, 0.15) is 50.0 Å². The third-order valence-electron chi connectivity index (χ3n) is 7.66. The molecule has 0 bridgehead atoms. The first-order valence-corrected chi connectivity index (χ1v) is 14.7. The van der Waals surface area contributed by atoms with Crippen LogP contribution in [0.2, 0.25) is 0 Å².